The van der Waals surface area contributed by atoms with Crippen LogP contribution in [0.5, 0.6) is 0 Å². The number of rotatable bonds is 3. The first-order chi connectivity index (χ1) is 7.81. The Kier molecular flexibility index (Phi) is 3.20. The number of benzene rings is 1. The molecule has 0 bridgehead atoms. The molecular formula is C14H15NO. The highest BCUT2D eigenvalue weighted by atomic mass is 16.1. The SMILES string of the molecule is CC1C=CC(N(C=O)c2ccccc2)=CC1. The number of carbonyl (C=O) groups excluding carboxylic acids is 1. The van der Waals surface area contributed by atoms with Gasteiger partial charge in [0.05, 0.1) is 0 Å². The van der Waals surface area contributed by atoms with E-state index in [1.54, 1.807) is 4.90 Å². The number of nitrogens with zero attached hydrogens (tertiary/aromatic N) is 1. The Morgan fingerprint density at radius 1 is 1.31 bits per heavy atom. The Bertz CT molecular complexity index is 420. The minimum Gasteiger partial charge on any atom is -0.284 e. The maximum atomic E-state index is 11.1. The molecule has 2 rings (SSSR count). The third-order valence-corrected chi connectivity index (χ3v) is 2.71. The van der Waals surface area contributed by atoms with Crippen molar-refractivity contribution in [2.45, 2.75) is 13.3 Å². The van der Waals surface area contributed by atoms with Gasteiger partial charge in [-0.25, -0.2) is 0 Å². The zero-order chi connectivity index (χ0) is 11.4. The van der Waals surface area contributed by atoms with Gasteiger partial charge in [-0.05, 0) is 30.5 Å². The van der Waals surface area contributed by atoms with Gasteiger partial charge in [0.1, 0.15) is 0 Å². The molecule has 16 heavy (non-hydrogen) atoms. The molecule has 0 radical (unpaired) electrons. The van der Waals surface area contributed by atoms with E-state index in [0.717, 1.165) is 24.2 Å². The van der Waals surface area contributed by atoms with Gasteiger partial charge in [0.2, 0.25) is 6.41 Å². The molecule has 0 aromatic heterocycles. The van der Waals surface area contributed by atoms with Crippen molar-refractivity contribution in [2.75, 3.05) is 4.90 Å². The summed E-state index contributed by atoms with van der Waals surface area (Å²) in [6, 6.07) is 9.67. The summed E-state index contributed by atoms with van der Waals surface area (Å²) in [6.07, 6.45) is 8.10. The summed E-state index contributed by atoms with van der Waals surface area (Å²) in [7, 11) is 0. The number of allylic oxidation sites excluding steroid dienone is 3. The molecule has 2 heteroatoms. The highest BCUT2D eigenvalue weighted by Gasteiger charge is 2.11. The summed E-state index contributed by atoms with van der Waals surface area (Å²) in [5, 5.41) is 0. The highest BCUT2D eigenvalue weighted by Crippen LogP contribution is 2.22. The van der Waals surface area contributed by atoms with Crippen molar-refractivity contribution < 1.29 is 4.79 Å². The second kappa shape index (κ2) is 4.79. The molecule has 1 amide bonds. The number of carbonyl (C=O) groups is 1. The summed E-state index contributed by atoms with van der Waals surface area (Å²) in [6.45, 7) is 2.16. The fourth-order valence-electron chi connectivity index (χ4n) is 1.75. The van der Waals surface area contributed by atoms with E-state index in [0.29, 0.717) is 5.92 Å². The minimum absolute atomic E-state index is 0.563. The summed E-state index contributed by atoms with van der Waals surface area (Å²) in [4.78, 5) is 12.8. The van der Waals surface area contributed by atoms with E-state index in [4.69, 9.17) is 0 Å². The van der Waals surface area contributed by atoms with E-state index in [1.807, 2.05) is 36.4 Å². The lowest BCUT2D eigenvalue weighted by molar-refractivity contribution is -0.107. The zero-order valence-electron chi connectivity index (χ0n) is 9.34. The first kappa shape index (κ1) is 10.7. The van der Waals surface area contributed by atoms with Crippen LogP contribution in [0.3, 0.4) is 0 Å². The van der Waals surface area contributed by atoms with Crippen molar-refractivity contribution in [1.82, 2.24) is 0 Å². The van der Waals surface area contributed by atoms with E-state index in [-0.39, 0.29) is 0 Å². The standard InChI is InChI=1S/C14H15NO/c1-12-7-9-14(10-8-12)15(11-16)13-5-3-2-4-6-13/h2-7,9-12H,8H2,1H3. The van der Waals surface area contributed by atoms with Crippen LogP contribution in [0, 0.1) is 5.92 Å². The molecule has 82 valence electrons. The van der Waals surface area contributed by atoms with Crippen LogP contribution < -0.4 is 4.90 Å². The first-order valence-corrected chi connectivity index (χ1v) is 5.49. The molecule has 1 aliphatic carbocycles. The van der Waals surface area contributed by atoms with Gasteiger partial charge in [-0.1, -0.05) is 37.3 Å². The van der Waals surface area contributed by atoms with Crippen LogP contribution in [0.2, 0.25) is 0 Å². The molecule has 0 heterocycles. The van der Waals surface area contributed by atoms with Gasteiger partial charge in [-0.3, -0.25) is 9.69 Å². The van der Waals surface area contributed by atoms with E-state index >= 15 is 0 Å². The van der Waals surface area contributed by atoms with Gasteiger partial charge in [0, 0.05) is 11.4 Å². The van der Waals surface area contributed by atoms with Gasteiger partial charge in [0.15, 0.2) is 0 Å². The molecule has 2 nitrogen and oxygen atoms in total. The van der Waals surface area contributed by atoms with Crippen LogP contribution in [0.1, 0.15) is 13.3 Å². The lowest BCUT2D eigenvalue weighted by Crippen LogP contribution is -2.20. The van der Waals surface area contributed by atoms with Gasteiger partial charge in [0.25, 0.3) is 0 Å². The Morgan fingerprint density at radius 2 is 2.06 bits per heavy atom. The average Bonchev–Trinajstić information content (AvgIpc) is 2.34. The lowest BCUT2D eigenvalue weighted by Gasteiger charge is -2.21. The molecular weight excluding hydrogens is 198 g/mol. The second-order valence-corrected chi connectivity index (χ2v) is 4.01. The number of amides is 1. The molecule has 0 aliphatic heterocycles. The predicted molar refractivity (Wildman–Crippen MR) is 66.0 cm³/mol. The third-order valence-electron chi connectivity index (χ3n) is 2.71. The van der Waals surface area contributed by atoms with Crippen LogP contribution in [0.4, 0.5) is 5.69 Å². The maximum Gasteiger partial charge on any atom is 0.218 e. The van der Waals surface area contributed by atoms with E-state index in [9.17, 15) is 4.79 Å². The number of hydrogen-bond acceptors (Lipinski definition) is 1. The summed E-state index contributed by atoms with van der Waals surface area (Å²) in [5.41, 5.74) is 1.86. The molecule has 0 saturated carbocycles. The smallest absolute Gasteiger partial charge is 0.218 e. The predicted octanol–water partition coefficient (Wildman–Crippen LogP) is 3.13. The monoisotopic (exact) mass is 213 g/mol. The van der Waals surface area contributed by atoms with Crippen LogP contribution in [-0.2, 0) is 4.79 Å². The number of anilines is 1. The van der Waals surface area contributed by atoms with Crippen molar-refractivity contribution in [3.63, 3.8) is 0 Å². The van der Waals surface area contributed by atoms with Gasteiger partial charge >= 0.3 is 0 Å². The summed E-state index contributed by atoms with van der Waals surface area (Å²) in [5.74, 6) is 0.563. The lowest BCUT2D eigenvalue weighted by atomic mass is 10.0. The second-order valence-electron chi connectivity index (χ2n) is 4.01. The fraction of sp³-hybridized carbons (Fsp3) is 0.214. The van der Waals surface area contributed by atoms with E-state index in [2.05, 4.69) is 19.1 Å². The van der Waals surface area contributed by atoms with Crippen LogP contribution in [0.25, 0.3) is 0 Å². The van der Waals surface area contributed by atoms with Crippen molar-refractivity contribution in [1.29, 1.82) is 0 Å². The Balaban J connectivity index is 2.25. The summed E-state index contributed by atoms with van der Waals surface area (Å²) >= 11 is 0. The van der Waals surface area contributed by atoms with Crippen LogP contribution in [-0.4, -0.2) is 6.41 Å². The molecule has 1 atom stereocenters. The van der Waals surface area contributed by atoms with E-state index in [1.165, 1.54) is 0 Å². The fourth-order valence-corrected chi connectivity index (χ4v) is 1.75. The van der Waals surface area contributed by atoms with Crippen molar-refractivity contribution >= 4 is 12.1 Å². The Hall–Kier alpha value is -1.83. The maximum absolute atomic E-state index is 11.1. The normalized spacial score (nSPS) is 19.1. The van der Waals surface area contributed by atoms with Crippen LogP contribution >= 0.6 is 0 Å². The third kappa shape index (κ3) is 2.22. The average molecular weight is 213 g/mol. The molecule has 1 aromatic rings. The first-order valence-electron chi connectivity index (χ1n) is 5.49. The van der Waals surface area contributed by atoms with Crippen molar-refractivity contribution in [3.8, 4) is 0 Å². The molecule has 0 fully saturated rings. The van der Waals surface area contributed by atoms with Gasteiger partial charge in [-0.15, -0.1) is 0 Å². The van der Waals surface area contributed by atoms with Gasteiger partial charge in [-0.2, -0.15) is 0 Å². The Labute approximate surface area is 95.9 Å². The molecule has 0 spiro atoms. The van der Waals surface area contributed by atoms with E-state index < -0.39 is 0 Å². The molecule has 1 unspecified atom stereocenters. The molecule has 1 aromatic carbocycles. The summed E-state index contributed by atoms with van der Waals surface area (Å²) < 4.78 is 0. The highest BCUT2D eigenvalue weighted by molar-refractivity contribution is 5.81. The topological polar surface area (TPSA) is 20.3 Å². The quantitative estimate of drug-likeness (QED) is 0.706. The molecule has 0 N–H and O–H groups in total. The van der Waals surface area contributed by atoms with Crippen molar-refractivity contribution in [2.24, 2.45) is 5.92 Å². The van der Waals surface area contributed by atoms with Gasteiger partial charge < -0.3 is 0 Å². The molecule has 0 saturated heterocycles. The number of hydrogen-bond donors (Lipinski definition) is 0. The van der Waals surface area contributed by atoms with Crippen molar-refractivity contribution in [3.05, 3.63) is 54.3 Å². The molecule has 1 aliphatic rings. The zero-order valence-corrected chi connectivity index (χ0v) is 9.34. The van der Waals surface area contributed by atoms with Crippen LogP contribution in [0.15, 0.2) is 54.3 Å². The number of para-hydroxylation sites is 1. The largest absolute Gasteiger partial charge is 0.284 e. The minimum atomic E-state index is 0.563. The Morgan fingerprint density at radius 3 is 2.62 bits per heavy atom.